The lowest BCUT2D eigenvalue weighted by atomic mass is 10.2. The van der Waals surface area contributed by atoms with Crippen molar-refractivity contribution in [3.05, 3.63) is 40.6 Å². The molecule has 2 aromatic rings. The highest BCUT2D eigenvalue weighted by Crippen LogP contribution is 2.37. The molecule has 10 heteroatoms. The molecule has 2 amide bonds. The van der Waals surface area contributed by atoms with Gasteiger partial charge in [-0.3, -0.25) is 9.59 Å². The van der Waals surface area contributed by atoms with Crippen LogP contribution in [0.3, 0.4) is 0 Å². The Hall–Kier alpha value is -1.88. The van der Waals surface area contributed by atoms with Crippen LogP contribution in [0.5, 0.6) is 0 Å². The van der Waals surface area contributed by atoms with Gasteiger partial charge in [0.1, 0.15) is 6.54 Å². The maximum atomic E-state index is 12.9. The van der Waals surface area contributed by atoms with Crippen molar-refractivity contribution in [1.82, 2.24) is 9.62 Å². The first-order chi connectivity index (χ1) is 13.9. The zero-order valence-corrected chi connectivity index (χ0v) is 18.1. The van der Waals surface area contributed by atoms with Crippen molar-refractivity contribution in [3.8, 4) is 0 Å². The number of carbonyl (C=O) groups is 2. The van der Waals surface area contributed by atoms with E-state index in [0.29, 0.717) is 25.3 Å². The second-order valence-electron chi connectivity index (χ2n) is 6.87. The number of thioether (sulfide) groups is 1. The third-order valence-corrected chi connectivity index (χ3v) is 8.74. The van der Waals surface area contributed by atoms with E-state index in [2.05, 4.69) is 5.32 Å². The molecule has 7 nitrogen and oxygen atoms in total. The Bertz CT molecular complexity index is 1020. The van der Waals surface area contributed by atoms with Crippen LogP contribution < -0.4 is 10.2 Å². The molecule has 0 unspecified atom stereocenters. The van der Waals surface area contributed by atoms with E-state index in [9.17, 15) is 18.0 Å². The second kappa shape index (κ2) is 8.47. The summed E-state index contributed by atoms with van der Waals surface area (Å²) in [5, 5.41) is 4.75. The van der Waals surface area contributed by atoms with Crippen molar-refractivity contribution in [2.45, 2.75) is 29.2 Å². The van der Waals surface area contributed by atoms with Crippen molar-refractivity contribution in [2.24, 2.45) is 0 Å². The highest BCUT2D eigenvalue weighted by atomic mass is 32.2. The largest absolute Gasteiger partial charge is 0.350 e. The molecule has 2 aliphatic heterocycles. The van der Waals surface area contributed by atoms with Gasteiger partial charge in [0.2, 0.25) is 21.8 Å². The number of sulfonamides is 1. The van der Waals surface area contributed by atoms with Gasteiger partial charge in [0.05, 0.1) is 22.9 Å². The van der Waals surface area contributed by atoms with Gasteiger partial charge in [-0.2, -0.15) is 4.31 Å². The molecular weight excluding hydrogens is 430 g/mol. The molecular formula is C19H21N3O4S3. The Morgan fingerprint density at radius 1 is 1.17 bits per heavy atom. The summed E-state index contributed by atoms with van der Waals surface area (Å²) in [6, 6.07) is 8.68. The zero-order valence-electron chi connectivity index (χ0n) is 15.7. The molecule has 1 N–H and O–H groups in total. The van der Waals surface area contributed by atoms with Crippen molar-refractivity contribution >= 4 is 50.6 Å². The van der Waals surface area contributed by atoms with Gasteiger partial charge < -0.3 is 10.2 Å². The van der Waals surface area contributed by atoms with Gasteiger partial charge in [0.15, 0.2) is 0 Å². The maximum absolute atomic E-state index is 12.9. The van der Waals surface area contributed by atoms with Crippen LogP contribution in [-0.2, 0) is 26.2 Å². The Morgan fingerprint density at radius 3 is 2.69 bits per heavy atom. The summed E-state index contributed by atoms with van der Waals surface area (Å²) >= 11 is 2.91. The molecule has 0 atom stereocenters. The summed E-state index contributed by atoms with van der Waals surface area (Å²) in [4.78, 5) is 28.3. The summed E-state index contributed by atoms with van der Waals surface area (Å²) < 4.78 is 27.3. The number of anilines is 1. The lowest BCUT2D eigenvalue weighted by Gasteiger charge is -2.29. The molecule has 29 heavy (non-hydrogen) atoms. The summed E-state index contributed by atoms with van der Waals surface area (Å²) in [5.74, 6) is -0.259. The molecule has 0 saturated carbocycles. The SMILES string of the molecule is O=C(CN1C(=O)CSc2ccc(S(=O)(=O)N3CCCC3)cc21)NCc1cccs1. The van der Waals surface area contributed by atoms with Gasteiger partial charge in [-0.15, -0.1) is 23.1 Å². The fourth-order valence-corrected chi connectivity index (χ4v) is 6.49. The molecule has 3 heterocycles. The standard InChI is InChI=1S/C19H21N3O4S3/c23-18(20-11-14-4-3-9-27-14)12-22-16-10-15(5-6-17(16)28-13-19(22)24)29(25,26)21-7-1-2-8-21/h3-6,9-10H,1-2,7-8,11-13H2,(H,20,23). The number of fused-ring (bicyclic) bond motifs is 1. The van der Waals surface area contributed by atoms with Gasteiger partial charge in [0.25, 0.3) is 0 Å². The van der Waals surface area contributed by atoms with Crippen molar-refractivity contribution in [3.63, 3.8) is 0 Å². The highest BCUT2D eigenvalue weighted by molar-refractivity contribution is 8.00. The molecule has 1 fully saturated rings. The highest BCUT2D eigenvalue weighted by Gasteiger charge is 2.31. The van der Waals surface area contributed by atoms with Crippen LogP contribution in [0.15, 0.2) is 45.5 Å². The molecule has 154 valence electrons. The number of carbonyl (C=O) groups excluding carboxylic acids is 2. The predicted octanol–water partition coefficient (Wildman–Crippen LogP) is 2.29. The molecule has 0 aliphatic carbocycles. The minimum atomic E-state index is -3.59. The van der Waals surface area contributed by atoms with Crippen LogP contribution in [0.2, 0.25) is 0 Å². The molecule has 4 rings (SSSR count). The van der Waals surface area contributed by atoms with Crippen molar-refractivity contribution in [1.29, 1.82) is 0 Å². The Balaban J connectivity index is 1.55. The first-order valence-corrected chi connectivity index (χ1v) is 12.6. The number of nitrogens with zero attached hydrogens (tertiary/aromatic N) is 2. The van der Waals surface area contributed by atoms with E-state index in [-0.39, 0.29) is 29.0 Å². The smallest absolute Gasteiger partial charge is 0.243 e. The molecule has 0 radical (unpaired) electrons. The van der Waals surface area contributed by atoms with Crippen LogP contribution in [0.25, 0.3) is 0 Å². The van der Waals surface area contributed by atoms with Gasteiger partial charge in [-0.1, -0.05) is 6.07 Å². The lowest BCUT2D eigenvalue weighted by Crippen LogP contribution is -2.43. The number of benzene rings is 1. The molecule has 0 bridgehead atoms. The van der Waals surface area contributed by atoms with E-state index < -0.39 is 10.0 Å². The molecule has 1 saturated heterocycles. The van der Waals surface area contributed by atoms with Crippen LogP contribution in [0.4, 0.5) is 5.69 Å². The van der Waals surface area contributed by atoms with Crippen molar-refractivity contribution < 1.29 is 18.0 Å². The number of thiophene rings is 1. The first kappa shape index (κ1) is 20.4. The van der Waals surface area contributed by atoms with E-state index in [1.807, 2.05) is 17.5 Å². The molecule has 1 aromatic carbocycles. The van der Waals surface area contributed by atoms with Gasteiger partial charge in [-0.05, 0) is 42.5 Å². The van der Waals surface area contributed by atoms with E-state index in [0.717, 1.165) is 22.6 Å². The average molecular weight is 452 g/mol. The van der Waals surface area contributed by atoms with Gasteiger partial charge in [0, 0.05) is 22.9 Å². The number of rotatable bonds is 6. The first-order valence-electron chi connectivity index (χ1n) is 9.31. The minimum Gasteiger partial charge on any atom is -0.350 e. The van der Waals surface area contributed by atoms with Gasteiger partial charge >= 0.3 is 0 Å². The normalized spacial score (nSPS) is 17.4. The van der Waals surface area contributed by atoms with Crippen molar-refractivity contribution in [2.75, 3.05) is 30.3 Å². The topological polar surface area (TPSA) is 86.8 Å². The second-order valence-corrected chi connectivity index (χ2v) is 10.9. The van der Waals surface area contributed by atoms with Crippen LogP contribution in [0, 0.1) is 0 Å². The van der Waals surface area contributed by atoms with Crippen LogP contribution in [-0.4, -0.2) is 49.9 Å². The average Bonchev–Trinajstić information content (AvgIpc) is 3.42. The minimum absolute atomic E-state index is 0.134. The van der Waals surface area contributed by atoms with Crippen LogP contribution in [0.1, 0.15) is 17.7 Å². The van der Waals surface area contributed by atoms with Gasteiger partial charge in [-0.25, -0.2) is 8.42 Å². The zero-order chi connectivity index (χ0) is 20.4. The maximum Gasteiger partial charge on any atom is 0.243 e. The quantitative estimate of drug-likeness (QED) is 0.728. The molecule has 0 spiro atoms. The number of amides is 2. The summed E-state index contributed by atoms with van der Waals surface area (Å²) in [6.45, 7) is 1.30. The van der Waals surface area contributed by atoms with E-state index in [1.54, 1.807) is 23.5 Å². The Labute approximate surface area is 178 Å². The fraction of sp³-hybridized carbons (Fsp3) is 0.368. The Morgan fingerprint density at radius 2 is 1.97 bits per heavy atom. The number of nitrogens with one attached hydrogen (secondary N) is 1. The third kappa shape index (κ3) is 4.35. The van der Waals surface area contributed by atoms with E-state index >= 15 is 0 Å². The number of hydrogen-bond donors (Lipinski definition) is 1. The van der Waals surface area contributed by atoms with E-state index in [4.69, 9.17) is 0 Å². The number of hydrogen-bond acceptors (Lipinski definition) is 6. The molecule has 1 aromatic heterocycles. The fourth-order valence-electron chi connectivity index (χ4n) is 3.39. The molecule has 2 aliphatic rings. The predicted molar refractivity (Wildman–Crippen MR) is 114 cm³/mol. The van der Waals surface area contributed by atoms with Crippen LogP contribution >= 0.6 is 23.1 Å². The lowest BCUT2D eigenvalue weighted by molar-refractivity contribution is -0.123. The summed E-state index contributed by atoms with van der Waals surface area (Å²) in [7, 11) is -3.59. The Kier molecular flexibility index (Phi) is 5.95. The van der Waals surface area contributed by atoms with E-state index in [1.165, 1.54) is 27.0 Å². The monoisotopic (exact) mass is 451 g/mol. The summed E-state index contributed by atoms with van der Waals surface area (Å²) in [5.41, 5.74) is 0.484. The third-order valence-electron chi connectivity index (χ3n) is 4.92. The summed E-state index contributed by atoms with van der Waals surface area (Å²) in [6.07, 6.45) is 1.71.